The van der Waals surface area contributed by atoms with Gasteiger partial charge in [0, 0.05) is 0 Å². The smallest absolute Gasteiger partial charge is 0.244 e. The molecule has 0 aliphatic carbocycles. The van der Waals surface area contributed by atoms with Gasteiger partial charge in [-0.3, -0.25) is 9.10 Å². The van der Waals surface area contributed by atoms with Crippen molar-refractivity contribution in [2.24, 2.45) is 0 Å². The van der Waals surface area contributed by atoms with E-state index in [0.29, 0.717) is 18.7 Å². The number of carbonyl (C=O) groups excluding carboxylic acids is 1. The first-order valence-electron chi connectivity index (χ1n) is 10.5. The third kappa shape index (κ3) is 6.99. The van der Waals surface area contributed by atoms with Crippen LogP contribution in [0.2, 0.25) is 0 Å². The van der Waals surface area contributed by atoms with E-state index in [0.717, 1.165) is 17.6 Å². The fourth-order valence-corrected chi connectivity index (χ4v) is 4.48. The highest BCUT2D eigenvalue weighted by atomic mass is 32.2. The van der Waals surface area contributed by atoms with E-state index < -0.39 is 16.1 Å². The molecule has 6 nitrogen and oxygen atoms in total. The Morgan fingerprint density at radius 3 is 2.13 bits per heavy atom. The van der Waals surface area contributed by atoms with Crippen LogP contribution in [0.5, 0.6) is 5.75 Å². The lowest BCUT2D eigenvalue weighted by Crippen LogP contribution is -2.50. The second kappa shape index (κ2) is 10.2. The summed E-state index contributed by atoms with van der Waals surface area (Å²) in [5, 5.41) is 2.80. The number of amides is 1. The van der Waals surface area contributed by atoms with Gasteiger partial charge in [0.25, 0.3) is 0 Å². The van der Waals surface area contributed by atoms with Gasteiger partial charge in [0.15, 0.2) is 0 Å². The summed E-state index contributed by atoms with van der Waals surface area (Å²) in [5.41, 5.74) is 2.79. The monoisotopic (exact) mass is 446 g/mol. The van der Waals surface area contributed by atoms with E-state index in [1.165, 1.54) is 9.87 Å². The van der Waals surface area contributed by atoms with Crippen LogP contribution in [0.15, 0.2) is 48.5 Å². The number of ether oxygens (including phenoxy) is 1. The van der Waals surface area contributed by atoms with Crippen LogP contribution >= 0.6 is 0 Å². The van der Waals surface area contributed by atoms with Gasteiger partial charge in [-0.1, -0.05) is 57.5 Å². The molecular weight excluding hydrogens is 412 g/mol. The first-order chi connectivity index (χ1) is 14.4. The van der Waals surface area contributed by atoms with Crippen LogP contribution in [0.25, 0.3) is 0 Å². The molecule has 7 heteroatoms. The van der Waals surface area contributed by atoms with Crippen molar-refractivity contribution in [1.29, 1.82) is 0 Å². The third-order valence-corrected chi connectivity index (χ3v) is 6.19. The van der Waals surface area contributed by atoms with Crippen molar-refractivity contribution in [2.45, 2.75) is 52.5 Å². The SMILES string of the molecule is CC[C@@H](C(=O)NCCOc1ccc(C(C)(C)C)cc1)N(c1ccc(C)cc1)S(C)(=O)=O. The summed E-state index contributed by atoms with van der Waals surface area (Å²) in [6.07, 6.45) is 1.47. The molecule has 1 amide bonds. The Labute approximate surface area is 186 Å². The van der Waals surface area contributed by atoms with Crippen LogP contribution in [0.3, 0.4) is 0 Å². The molecule has 0 saturated carbocycles. The van der Waals surface area contributed by atoms with Gasteiger partial charge in [0.05, 0.1) is 18.5 Å². The maximum absolute atomic E-state index is 12.8. The van der Waals surface area contributed by atoms with E-state index in [1.807, 2.05) is 43.3 Å². The Hall–Kier alpha value is -2.54. The van der Waals surface area contributed by atoms with Crippen LogP contribution in [-0.4, -0.2) is 39.8 Å². The van der Waals surface area contributed by atoms with Crippen LogP contribution in [0.4, 0.5) is 5.69 Å². The number of aryl methyl sites for hydroxylation is 1. The van der Waals surface area contributed by atoms with Crippen LogP contribution < -0.4 is 14.4 Å². The van der Waals surface area contributed by atoms with Gasteiger partial charge in [-0.2, -0.15) is 0 Å². The topological polar surface area (TPSA) is 75.7 Å². The number of hydrogen-bond donors (Lipinski definition) is 1. The second-order valence-electron chi connectivity index (χ2n) is 8.73. The lowest BCUT2D eigenvalue weighted by molar-refractivity contribution is -0.122. The number of anilines is 1. The quantitative estimate of drug-likeness (QED) is 0.590. The van der Waals surface area contributed by atoms with E-state index in [2.05, 4.69) is 26.1 Å². The molecule has 2 aromatic carbocycles. The van der Waals surface area contributed by atoms with Crippen LogP contribution in [-0.2, 0) is 20.2 Å². The van der Waals surface area contributed by atoms with Crippen molar-refractivity contribution in [3.8, 4) is 5.75 Å². The van der Waals surface area contributed by atoms with Crippen LogP contribution in [0, 0.1) is 6.92 Å². The molecule has 2 aromatic rings. The minimum atomic E-state index is -3.64. The molecule has 0 heterocycles. The summed E-state index contributed by atoms with van der Waals surface area (Å²) in [6, 6.07) is 14.2. The van der Waals surface area contributed by atoms with Crippen molar-refractivity contribution in [2.75, 3.05) is 23.7 Å². The zero-order valence-electron chi connectivity index (χ0n) is 19.3. The first-order valence-corrected chi connectivity index (χ1v) is 12.4. The maximum atomic E-state index is 12.8. The van der Waals surface area contributed by atoms with E-state index in [1.54, 1.807) is 19.1 Å². The highest BCUT2D eigenvalue weighted by Crippen LogP contribution is 2.24. The Morgan fingerprint density at radius 2 is 1.65 bits per heavy atom. The lowest BCUT2D eigenvalue weighted by atomic mass is 9.87. The molecule has 0 aliphatic rings. The van der Waals surface area contributed by atoms with Crippen molar-refractivity contribution in [3.63, 3.8) is 0 Å². The molecule has 0 fully saturated rings. The fourth-order valence-electron chi connectivity index (χ4n) is 3.26. The van der Waals surface area contributed by atoms with Gasteiger partial charge in [-0.05, 0) is 48.6 Å². The molecular formula is C24H34N2O4S. The number of carbonyl (C=O) groups is 1. The van der Waals surface area contributed by atoms with Crippen molar-refractivity contribution >= 4 is 21.6 Å². The molecule has 1 N–H and O–H groups in total. The summed E-state index contributed by atoms with van der Waals surface area (Å²) in [7, 11) is -3.64. The Kier molecular flexibility index (Phi) is 8.12. The van der Waals surface area contributed by atoms with Gasteiger partial charge in [0.2, 0.25) is 15.9 Å². The maximum Gasteiger partial charge on any atom is 0.244 e. The summed E-state index contributed by atoms with van der Waals surface area (Å²) in [5.74, 6) is 0.381. The Balaban J connectivity index is 1.99. The second-order valence-corrected chi connectivity index (χ2v) is 10.6. The van der Waals surface area contributed by atoms with E-state index in [4.69, 9.17) is 4.74 Å². The zero-order chi connectivity index (χ0) is 23.2. The largest absolute Gasteiger partial charge is 0.492 e. The predicted molar refractivity (Wildman–Crippen MR) is 126 cm³/mol. The molecule has 1 atom stereocenters. The first kappa shape index (κ1) is 24.7. The molecule has 0 radical (unpaired) electrons. The highest BCUT2D eigenvalue weighted by molar-refractivity contribution is 7.92. The normalized spacial score (nSPS) is 12.8. The number of sulfonamides is 1. The van der Waals surface area contributed by atoms with E-state index in [9.17, 15) is 13.2 Å². The summed E-state index contributed by atoms with van der Waals surface area (Å²) in [4.78, 5) is 12.8. The third-order valence-electron chi connectivity index (χ3n) is 5.01. The molecule has 170 valence electrons. The van der Waals surface area contributed by atoms with E-state index >= 15 is 0 Å². The fraction of sp³-hybridized carbons (Fsp3) is 0.458. The lowest BCUT2D eigenvalue weighted by Gasteiger charge is -2.30. The van der Waals surface area contributed by atoms with Crippen molar-refractivity contribution < 1.29 is 17.9 Å². The molecule has 0 saturated heterocycles. The van der Waals surface area contributed by atoms with Gasteiger partial charge >= 0.3 is 0 Å². The molecule has 0 spiro atoms. The molecule has 31 heavy (non-hydrogen) atoms. The Morgan fingerprint density at radius 1 is 1.06 bits per heavy atom. The van der Waals surface area contributed by atoms with Gasteiger partial charge in [-0.25, -0.2) is 8.42 Å². The molecule has 0 unspecified atom stereocenters. The molecule has 0 bridgehead atoms. The summed E-state index contributed by atoms with van der Waals surface area (Å²) < 4.78 is 31.8. The van der Waals surface area contributed by atoms with Gasteiger partial charge in [0.1, 0.15) is 18.4 Å². The van der Waals surface area contributed by atoms with Crippen molar-refractivity contribution in [3.05, 3.63) is 59.7 Å². The van der Waals surface area contributed by atoms with Crippen LogP contribution in [0.1, 0.15) is 45.2 Å². The molecule has 0 aromatic heterocycles. The summed E-state index contributed by atoms with van der Waals surface area (Å²) >= 11 is 0. The minimum absolute atomic E-state index is 0.0740. The zero-order valence-corrected chi connectivity index (χ0v) is 20.1. The average molecular weight is 447 g/mol. The van der Waals surface area contributed by atoms with Gasteiger partial charge < -0.3 is 10.1 Å². The standard InChI is InChI=1S/C24H34N2O4S/c1-7-22(26(31(6,28)29)20-12-8-18(2)9-13-20)23(27)25-16-17-30-21-14-10-19(11-15-21)24(3,4)5/h8-15,22H,7,16-17H2,1-6H3,(H,25,27)/t22-/m0/s1. The van der Waals surface area contributed by atoms with Gasteiger partial charge in [-0.15, -0.1) is 0 Å². The number of nitrogens with zero attached hydrogens (tertiary/aromatic N) is 1. The number of benzene rings is 2. The molecule has 0 aliphatic heterocycles. The number of rotatable bonds is 9. The Bertz CT molecular complexity index is 962. The number of nitrogens with one attached hydrogen (secondary N) is 1. The summed E-state index contributed by atoms with van der Waals surface area (Å²) in [6.45, 7) is 10.7. The molecule has 2 rings (SSSR count). The van der Waals surface area contributed by atoms with E-state index in [-0.39, 0.29) is 17.9 Å². The average Bonchev–Trinajstić information content (AvgIpc) is 2.69. The predicted octanol–water partition coefficient (Wildman–Crippen LogP) is 4.03. The van der Waals surface area contributed by atoms with Crippen molar-refractivity contribution in [1.82, 2.24) is 5.32 Å². The minimum Gasteiger partial charge on any atom is -0.492 e. The highest BCUT2D eigenvalue weighted by Gasteiger charge is 2.31. The number of hydrogen-bond acceptors (Lipinski definition) is 4.